The van der Waals surface area contributed by atoms with Crippen LogP contribution in [0.1, 0.15) is 74.5 Å². The second-order valence-corrected chi connectivity index (χ2v) is 11.7. The Hall–Kier alpha value is -4.33. The molecule has 2 heterocycles. The number of carbonyl (C=O) groups is 2. The van der Waals surface area contributed by atoms with Crippen molar-refractivity contribution in [3.8, 4) is 11.5 Å². The minimum absolute atomic E-state index is 0.0738. The lowest BCUT2D eigenvalue weighted by Crippen LogP contribution is -2.43. The van der Waals surface area contributed by atoms with E-state index >= 15 is 0 Å². The largest absolute Gasteiger partial charge is 0.493 e. The summed E-state index contributed by atoms with van der Waals surface area (Å²) in [7, 11) is 1.59. The number of hydrogen-bond acceptors (Lipinski definition) is 8. The van der Waals surface area contributed by atoms with Gasteiger partial charge in [0.05, 0.1) is 36.9 Å². The van der Waals surface area contributed by atoms with Crippen molar-refractivity contribution in [2.45, 2.75) is 70.8 Å². The fraction of sp³-hybridized carbons (Fsp3) is 0.400. The molecule has 43 heavy (non-hydrogen) atoms. The third kappa shape index (κ3) is 5.35. The standard InChI is InChI=1S/C35H37NO7/c1-5-41-29-13-11-21(17-30(29)40-4)22-15-26-33(27(37)16-22)32(25-18-42-28-12-10-19(2)14-24(28)34(25)38)31(20(3)36-26)35(39)43-23-8-6-7-9-23/h10-15,17-18,22-23,32-33,36H,5-9,16H2,1-4H3. The SMILES string of the molecule is CCOc1ccc(C2C=C3NC(C)=C(C(=O)OC4CCCC4)C(c4coc5ccc(C)cc5c4=O)C3C(=O)C2)cc1OC. The molecule has 0 amide bonds. The van der Waals surface area contributed by atoms with Gasteiger partial charge in [0, 0.05) is 35.2 Å². The number of nitrogens with one attached hydrogen (secondary N) is 1. The van der Waals surface area contributed by atoms with E-state index in [1.807, 2.05) is 44.2 Å². The minimum atomic E-state index is -0.842. The number of Topliss-reactive ketones (excluding diaryl/α,β-unsaturated/α-hetero) is 1. The summed E-state index contributed by atoms with van der Waals surface area (Å²) in [6, 6.07) is 11.1. The Morgan fingerprint density at radius 2 is 1.81 bits per heavy atom. The number of allylic oxidation sites excluding steroid dienone is 3. The molecule has 1 aromatic heterocycles. The highest BCUT2D eigenvalue weighted by atomic mass is 16.5. The van der Waals surface area contributed by atoms with Crippen molar-refractivity contribution in [3.63, 3.8) is 0 Å². The van der Waals surface area contributed by atoms with Crippen LogP contribution in [0.15, 0.2) is 74.9 Å². The second-order valence-electron chi connectivity index (χ2n) is 11.7. The van der Waals surface area contributed by atoms with Gasteiger partial charge in [-0.1, -0.05) is 23.8 Å². The summed E-state index contributed by atoms with van der Waals surface area (Å²) in [5.41, 5.74) is 3.85. The number of ether oxygens (including phenoxy) is 3. The highest BCUT2D eigenvalue weighted by Crippen LogP contribution is 2.46. The Labute approximate surface area is 250 Å². The second kappa shape index (κ2) is 11.7. The topological polar surface area (TPSA) is 104 Å². The number of ketones is 1. The summed E-state index contributed by atoms with van der Waals surface area (Å²) >= 11 is 0. The Kier molecular flexibility index (Phi) is 7.86. The highest BCUT2D eigenvalue weighted by molar-refractivity contribution is 5.97. The zero-order valence-corrected chi connectivity index (χ0v) is 25.0. The van der Waals surface area contributed by atoms with Crippen molar-refractivity contribution in [3.05, 3.63) is 92.6 Å². The van der Waals surface area contributed by atoms with Crippen molar-refractivity contribution in [1.82, 2.24) is 5.32 Å². The average Bonchev–Trinajstić information content (AvgIpc) is 3.50. The van der Waals surface area contributed by atoms with Crippen LogP contribution in [0.4, 0.5) is 0 Å². The van der Waals surface area contributed by atoms with Gasteiger partial charge in [0.15, 0.2) is 16.9 Å². The first-order valence-corrected chi connectivity index (χ1v) is 15.0. The van der Waals surface area contributed by atoms with Crippen molar-refractivity contribution in [1.29, 1.82) is 0 Å². The van der Waals surface area contributed by atoms with Gasteiger partial charge in [0.1, 0.15) is 17.5 Å². The van der Waals surface area contributed by atoms with E-state index in [1.54, 1.807) is 26.2 Å². The highest BCUT2D eigenvalue weighted by Gasteiger charge is 2.46. The minimum Gasteiger partial charge on any atom is -0.493 e. The number of esters is 1. The van der Waals surface area contributed by atoms with E-state index < -0.39 is 17.8 Å². The lowest BCUT2D eigenvalue weighted by Gasteiger charge is -2.39. The molecule has 2 aliphatic carbocycles. The van der Waals surface area contributed by atoms with Gasteiger partial charge in [-0.05, 0) is 76.3 Å². The molecule has 224 valence electrons. The van der Waals surface area contributed by atoms with Crippen LogP contribution in [0.2, 0.25) is 0 Å². The molecule has 1 fully saturated rings. The molecule has 2 aromatic carbocycles. The average molecular weight is 584 g/mol. The molecule has 3 unspecified atom stereocenters. The van der Waals surface area contributed by atoms with Crippen LogP contribution in [-0.4, -0.2) is 31.6 Å². The maximum absolute atomic E-state index is 14.1. The number of hydrogen-bond donors (Lipinski definition) is 1. The van der Waals surface area contributed by atoms with E-state index in [0.29, 0.717) is 46.0 Å². The van der Waals surface area contributed by atoms with E-state index in [-0.39, 0.29) is 35.2 Å². The van der Waals surface area contributed by atoms with Gasteiger partial charge in [-0.15, -0.1) is 0 Å². The van der Waals surface area contributed by atoms with Gasteiger partial charge in [0.2, 0.25) is 0 Å². The van der Waals surface area contributed by atoms with Gasteiger partial charge < -0.3 is 23.9 Å². The van der Waals surface area contributed by atoms with E-state index in [9.17, 15) is 14.4 Å². The van der Waals surface area contributed by atoms with Gasteiger partial charge >= 0.3 is 5.97 Å². The van der Waals surface area contributed by atoms with Crippen LogP contribution < -0.4 is 20.2 Å². The third-order valence-corrected chi connectivity index (χ3v) is 8.87. The third-order valence-electron chi connectivity index (χ3n) is 8.87. The Balaban J connectivity index is 1.46. The van der Waals surface area contributed by atoms with Crippen LogP contribution in [-0.2, 0) is 14.3 Å². The van der Waals surface area contributed by atoms with E-state index in [2.05, 4.69) is 5.32 Å². The maximum atomic E-state index is 14.1. The molecule has 6 rings (SSSR count). The molecule has 1 N–H and O–H groups in total. The molecule has 3 aliphatic rings. The molecule has 0 bridgehead atoms. The summed E-state index contributed by atoms with van der Waals surface area (Å²) in [4.78, 5) is 41.9. The monoisotopic (exact) mass is 583 g/mol. The predicted octanol–water partition coefficient (Wildman–Crippen LogP) is 6.21. The summed E-state index contributed by atoms with van der Waals surface area (Å²) < 4.78 is 23.1. The van der Waals surface area contributed by atoms with Gasteiger partial charge in [-0.3, -0.25) is 9.59 Å². The Bertz CT molecular complexity index is 1710. The maximum Gasteiger partial charge on any atom is 0.336 e. The fourth-order valence-corrected chi connectivity index (χ4v) is 6.78. The molecule has 1 aliphatic heterocycles. The quantitative estimate of drug-likeness (QED) is 0.328. The number of aryl methyl sites for hydroxylation is 1. The van der Waals surface area contributed by atoms with Crippen LogP contribution in [0.5, 0.6) is 11.5 Å². The summed E-state index contributed by atoms with van der Waals surface area (Å²) in [5, 5.41) is 3.78. The Morgan fingerprint density at radius 1 is 1.02 bits per heavy atom. The predicted molar refractivity (Wildman–Crippen MR) is 162 cm³/mol. The molecule has 3 aromatic rings. The molecular formula is C35H37NO7. The molecule has 0 saturated heterocycles. The number of benzene rings is 2. The van der Waals surface area contributed by atoms with Gasteiger partial charge in [-0.2, -0.15) is 0 Å². The smallest absolute Gasteiger partial charge is 0.336 e. The molecule has 8 nitrogen and oxygen atoms in total. The van der Waals surface area contributed by atoms with Gasteiger partial charge in [0.25, 0.3) is 0 Å². The van der Waals surface area contributed by atoms with E-state index in [0.717, 1.165) is 36.8 Å². The molecule has 1 saturated carbocycles. The van der Waals surface area contributed by atoms with Gasteiger partial charge in [-0.25, -0.2) is 4.79 Å². The molecule has 0 radical (unpaired) electrons. The van der Waals surface area contributed by atoms with Crippen LogP contribution in [0, 0.1) is 12.8 Å². The molecule has 0 spiro atoms. The number of fused-ring (bicyclic) bond motifs is 2. The molecule has 3 atom stereocenters. The van der Waals surface area contributed by atoms with Crippen LogP contribution in [0.3, 0.4) is 0 Å². The first-order valence-electron chi connectivity index (χ1n) is 15.0. The lowest BCUT2D eigenvalue weighted by atomic mass is 9.68. The summed E-state index contributed by atoms with van der Waals surface area (Å²) in [6.07, 6.45) is 7.13. The first-order chi connectivity index (χ1) is 20.8. The molecular weight excluding hydrogens is 546 g/mol. The van der Waals surface area contributed by atoms with Crippen molar-refractivity contribution < 1.29 is 28.2 Å². The summed E-state index contributed by atoms with van der Waals surface area (Å²) in [5.74, 6) is -1.16. The zero-order chi connectivity index (χ0) is 30.2. The number of carbonyl (C=O) groups excluding carboxylic acids is 2. The normalized spacial score (nSPS) is 22.2. The van der Waals surface area contributed by atoms with Crippen LogP contribution in [0.25, 0.3) is 11.0 Å². The Morgan fingerprint density at radius 3 is 2.56 bits per heavy atom. The van der Waals surface area contributed by atoms with Crippen molar-refractivity contribution >= 4 is 22.7 Å². The lowest BCUT2D eigenvalue weighted by molar-refractivity contribution is -0.144. The number of rotatable bonds is 7. The van der Waals surface area contributed by atoms with Crippen LogP contribution >= 0.6 is 0 Å². The first kappa shape index (κ1) is 28.8. The van der Waals surface area contributed by atoms with E-state index in [4.69, 9.17) is 18.6 Å². The van der Waals surface area contributed by atoms with Crippen molar-refractivity contribution in [2.75, 3.05) is 13.7 Å². The number of methoxy groups -OCH3 is 1. The molecule has 8 heteroatoms. The van der Waals surface area contributed by atoms with E-state index in [1.165, 1.54) is 6.26 Å². The van der Waals surface area contributed by atoms with Crippen molar-refractivity contribution in [2.24, 2.45) is 5.92 Å². The zero-order valence-electron chi connectivity index (χ0n) is 25.0. The fourth-order valence-electron chi connectivity index (χ4n) is 6.78. The summed E-state index contributed by atoms with van der Waals surface area (Å²) in [6.45, 7) is 6.13.